The van der Waals surface area contributed by atoms with Crippen LogP contribution in [0.5, 0.6) is 23.3 Å². The lowest BCUT2D eigenvalue weighted by Gasteiger charge is -2.18. The number of amides is 1. The van der Waals surface area contributed by atoms with Gasteiger partial charge < -0.3 is 23.8 Å². The maximum absolute atomic E-state index is 12.7. The molecule has 1 atom stereocenters. The van der Waals surface area contributed by atoms with E-state index < -0.39 is 0 Å². The molecular formula is C18H21N3O5. The van der Waals surface area contributed by atoms with Crippen molar-refractivity contribution in [1.82, 2.24) is 14.9 Å². The normalized spacial score (nSPS) is 16.3. The largest absolute Gasteiger partial charge is 0.493 e. The number of carbonyl (C=O) groups is 1. The van der Waals surface area contributed by atoms with Crippen LogP contribution in [0.1, 0.15) is 16.8 Å². The predicted octanol–water partition coefficient (Wildman–Crippen LogP) is 1.80. The Morgan fingerprint density at radius 2 is 1.85 bits per heavy atom. The minimum Gasteiger partial charge on any atom is -0.493 e. The third-order valence-corrected chi connectivity index (χ3v) is 4.15. The van der Waals surface area contributed by atoms with Gasteiger partial charge in [-0.2, -0.15) is 4.98 Å². The molecule has 2 aromatic rings. The van der Waals surface area contributed by atoms with E-state index in [9.17, 15) is 4.79 Å². The Kier molecular flexibility index (Phi) is 5.40. The number of benzene rings is 1. The second kappa shape index (κ2) is 7.90. The maximum Gasteiger partial charge on any atom is 0.254 e. The molecular weight excluding hydrogens is 338 g/mol. The van der Waals surface area contributed by atoms with Crippen molar-refractivity contribution in [3.05, 3.63) is 36.2 Å². The summed E-state index contributed by atoms with van der Waals surface area (Å²) in [6.07, 6.45) is 3.62. The van der Waals surface area contributed by atoms with E-state index in [0.717, 1.165) is 6.42 Å². The summed E-state index contributed by atoms with van der Waals surface area (Å²) in [5.74, 6) is 1.81. The molecule has 1 aromatic carbocycles. The standard InChI is InChI=1S/C18H21N3O5/c1-23-14-5-4-12(8-15(14)24-2)18(22)21-7-6-13(11-21)26-17-10-19-9-16(20-17)25-3/h4-5,8-10,13H,6-7,11H2,1-3H3. The summed E-state index contributed by atoms with van der Waals surface area (Å²) in [5, 5.41) is 0. The smallest absolute Gasteiger partial charge is 0.254 e. The fourth-order valence-electron chi connectivity index (χ4n) is 2.82. The van der Waals surface area contributed by atoms with Gasteiger partial charge in [-0.15, -0.1) is 0 Å². The Morgan fingerprint density at radius 1 is 1.08 bits per heavy atom. The first-order valence-corrected chi connectivity index (χ1v) is 8.18. The van der Waals surface area contributed by atoms with Crippen LogP contribution < -0.4 is 18.9 Å². The van der Waals surface area contributed by atoms with E-state index in [-0.39, 0.29) is 12.0 Å². The van der Waals surface area contributed by atoms with Crippen LogP contribution in [-0.2, 0) is 0 Å². The summed E-state index contributed by atoms with van der Waals surface area (Å²) in [7, 11) is 4.62. The predicted molar refractivity (Wildman–Crippen MR) is 93.1 cm³/mol. The number of ether oxygens (including phenoxy) is 4. The third kappa shape index (κ3) is 3.79. The van der Waals surface area contributed by atoms with E-state index >= 15 is 0 Å². The van der Waals surface area contributed by atoms with E-state index in [1.54, 1.807) is 37.3 Å². The summed E-state index contributed by atoms with van der Waals surface area (Å²) in [5.41, 5.74) is 0.546. The molecule has 1 aliphatic rings. The van der Waals surface area contributed by atoms with Gasteiger partial charge in [-0.1, -0.05) is 0 Å². The van der Waals surface area contributed by atoms with Crippen LogP contribution in [0, 0.1) is 0 Å². The zero-order valence-corrected chi connectivity index (χ0v) is 15.0. The van der Waals surface area contributed by atoms with Crippen molar-refractivity contribution >= 4 is 5.91 Å². The molecule has 0 radical (unpaired) electrons. The molecule has 8 heteroatoms. The van der Waals surface area contributed by atoms with Crippen LogP contribution in [0.3, 0.4) is 0 Å². The number of methoxy groups -OCH3 is 3. The highest BCUT2D eigenvalue weighted by Crippen LogP contribution is 2.28. The van der Waals surface area contributed by atoms with Gasteiger partial charge in [0.05, 0.1) is 40.3 Å². The van der Waals surface area contributed by atoms with Crippen LogP contribution in [0.15, 0.2) is 30.6 Å². The first-order valence-electron chi connectivity index (χ1n) is 8.18. The summed E-state index contributed by atoms with van der Waals surface area (Å²) in [6.45, 7) is 1.08. The van der Waals surface area contributed by atoms with Crippen LogP contribution in [-0.4, -0.2) is 61.3 Å². The number of hydrogen-bond donors (Lipinski definition) is 0. The van der Waals surface area contributed by atoms with Gasteiger partial charge in [0, 0.05) is 18.5 Å². The maximum atomic E-state index is 12.7. The van der Waals surface area contributed by atoms with E-state index in [1.807, 2.05) is 0 Å². The van der Waals surface area contributed by atoms with Gasteiger partial charge in [0.2, 0.25) is 11.8 Å². The molecule has 26 heavy (non-hydrogen) atoms. The molecule has 1 unspecified atom stereocenters. The van der Waals surface area contributed by atoms with Crippen molar-refractivity contribution in [1.29, 1.82) is 0 Å². The molecule has 3 rings (SSSR count). The van der Waals surface area contributed by atoms with Crippen molar-refractivity contribution in [3.63, 3.8) is 0 Å². The lowest BCUT2D eigenvalue weighted by molar-refractivity contribution is 0.0770. The third-order valence-electron chi connectivity index (χ3n) is 4.15. The van der Waals surface area contributed by atoms with Crippen LogP contribution in [0.2, 0.25) is 0 Å². The Labute approximate surface area is 151 Å². The highest BCUT2D eigenvalue weighted by Gasteiger charge is 2.29. The minimum atomic E-state index is -0.138. The summed E-state index contributed by atoms with van der Waals surface area (Å²) in [6, 6.07) is 5.14. The zero-order chi connectivity index (χ0) is 18.5. The second-order valence-electron chi connectivity index (χ2n) is 5.75. The van der Waals surface area contributed by atoms with Crippen LogP contribution >= 0.6 is 0 Å². The molecule has 0 saturated carbocycles. The molecule has 0 N–H and O–H groups in total. The Bertz CT molecular complexity index is 783. The van der Waals surface area contributed by atoms with Gasteiger partial charge in [0.25, 0.3) is 5.91 Å². The van der Waals surface area contributed by atoms with Crippen molar-refractivity contribution in [2.75, 3.05) is 34.4 Å². The molecule has 1 amide bonds. The second-order valence-corrected chi connectivity index (χ2v) is 5.75. The Balaban J connectivity index is 1.65. The molecule has 1 aromatic heterocycles. The highest BCUT2D eigenvalue weighted by atomic mass is 16.5. The lowest BCUT2D eigenvalue weighted by atomic mass is 10.1. The first kappa shape index (κ1) is 17.8. The topological polar surface area (TPSA) is 83.0 Å². The lowest BCUT2D eigenvalue weighted by Crippen LogP contribution is -2.31. The SMILES string of the molecule is COc1cncc(OC2CCN(C(=O)c3ccc(OC)c(OC)c3)C2)n1. The molecule has 0 aliphatic carbocycles. The molecule has 138 valence electrons. The van der Waals surface area contributed by atoms with E-state index in [0.29, 0.717) is 41.9 Å². The highest BCUT2D eigenvalue weighted by molar-refractivity contribution is 5.95. The minimum absolute atomic E-state index is 0.0752. The molecule has 0 bridgehead atoms. The van der Waals surface area contributed by atoms with Crippen LogP contribution in [0.4, 0.5) is 0 Å². The summed E-state index contributed by atoms with van der Waals surface area (Å²) in [4.78, 5) is 22.7. The number of nitrogens with zero attached hydrogens (tertiary/aromatic N) is 3. The molecule has 1 aliphatic heterocycles. The average molecular weight is 359 g/mol. The average Bonchev–Trinajstić information content (AvgIpc) is 3.15. The molecule has 0 spiro atoms. The van der Waals surface area contributed by atoms with Gasteiger partial charge in [-0.3, -0.25) is 9.78 Å². The monoisotopic (exact) mass is 359 g/mol. The van der Waals surface area contributed by atoms with Crippen molar-refractivity contribution in [2.24, 2.45) is 0 Å². The number of hydrogen-bond acceptors (Lipinski definition) is 7. The molecule has 2 heterocycles. The van der Waals surface area contributed by atoms with Gasteiger partial charge >= 0.3 is 0 Å². The number of likely N-dealkylation sites (tertiary alicyclic amines) is 1. The van der Waals surface area contributed by atoms with Gasteiger partial charge in [0.1, 0.15) is 6.10 Å². The fourth-order valence-corrected chi connectivity index (χ4v) is 2.82. The van der Waals surface area contributed by atoms with E-state index in [4.69, 9.17) is 18.9 Å². The first-order chi connectivity index (χ1) is 12.6. The Morgan fingerprint density at radius 3 is 2.58 bits per heavy atom. The van der Waals surface area contributed by atoms with Crippen molar-refractivity contribution in [2.45, 2.75) is 12.5 Å². The van der Waals surface area contributed by atoms with Crippen molar-refractivity contribution in [3.8, 4) is 23.3 Å². The fraction of sp³-hybridized carbons (Fsp3) is 0.389. The molecule has 1 fully saturated rings. The van der Waals surface area contributed by atoms with E-state index in [1.165, 1.54) is 19.5 Å². The molecule has 8 nitrogen and oxygen atoms in total. The van der Waals surface area contributed by atoms with Gasteiger partial charge in [-0.05, 0) is 18.2 Å². The van der Waals surface area contributed by atoms with Gasteiger partial charge in [0.15, 0.2) is 11.5 Å². The quantitative estimate of drug-likeness (QED) is 0.777. The number of rotatable bonds is 6. The summed E-state index contributed by atoms with van der Waals surface area (Å²) < 4.78 is 21.3. The van der Waals surface area contributed by atoms with Crippen LogP contribution in [0.25, 0.3) is 0 Å². The number of aromatic nitrogens is 2. The molecule has 1 saturated heterocycles. The van der Waals surface area contributed by atoms with Gasteiger partial charge in [-0.25, -0.2) is 0 Å². The van der Waals surface area contributed by atoms with E-state index in [2.05, 4.69) is 9.97 Å². The number of carbonyl (C=O) groups excluding carboxylic acids is 1. The zero-order valence-electron chi connectivity index (χ0n) is 15.0. The Hall–Kier alpha value is -3.03. The summed E-state index contributed by atoms with van der Waals surface area (Å²) >= 11 is 0. The van der Waals surface area contributed by atoms with Crippen molar-refractivity contribution < 1.29 is 23.7 Å².